The van der Waals surface area contributed by atoms with E-state index in [-0.39, 0.29) is 22.8 Å². The summed E-state index contributed by atoms with van der Waals surface area (Å²) in [6, 6.07) is 7.81. The molecule has 1 aromatic carbocycles. The Balaban J connectivity index is 2.05. The van der Waals surface area contributed by atoms with E-state index in [1.54, 1.807) is 24.3 Å². The standard InChI is InChI=1S/C21H22N2O7/c1-11(19(25)23-18(13(3)24)20(26)27)10-16-8-9-17(29-16)21(28)30-15-6-4-14(5-7-15)12(2)22/h4-10,13,18,24H,2,22H2,1,3H3,(H,23,25)(H,26,27)/b11-10+. The molecule has 2 rings (SSSR count). The van der Waals surface area contributed by atoms with Gasteiger partial charge in [0.15, 0.2) is 6.04 Å². The van der Waals surface area contributed by atoms with Crippen molar-refractivity contribution in [3.63, 3.8) is 0 Å². The van der Waals surface area contributed by atoms with Gasteiger partial charge in [-0.05, 0) is 61.9 Å². The fourth-order valence-electron chi connectivity index (χ4n) is 2.36. The molecular weight excluding hydrogens is 392 g/mol. The zero-order chi connectivity index (χ0) is 22.4. The van der Waals surface area contributed by atoms with Crippen LogP contribution in [0, 0.1) is 0 Å². The summed E-state index contributed by atoms with van der Waals surface area (Å²) in [6.07, 6.45) is 0.0514. The molecule has 9 nitrogen and oxygen atoms in total. The first kappa shape index (κ1) is 22.4. The fourth-order valence-corrected chi connectivity index (χ4v) is 2.36. The van der Waals surface area contributed by atoms with E-state index in [2.05, 4.69) is 11.9 Å². The highest BCUT2D eigenvalue weighted by Crippen LogP contribution is 2.18. The van der Waals surface area contributed by atoms with Gasteiger partial charge in [0.2, 0.25) is 11.7 Å². The molecule has 30 heavy (non-hydrogen) atoms. The number of nitrogens with two attached hydrogens (primary N) is 1. The number of amides is 1. The summed E-state index contributed by atoms with van der Waals surface area (Å²) in [4.78, 5) is 35.4. The second kappa shape index (κ2) is 9.57. The lowest BCUT2D eigenvalue weighted by Gasteiger charge is -2.17. The number of esters is 1. The molecule has 0 bridgehead atoms. The maximum atomic E-state index is 12.2. The highest BCUT2D eigenvalue weighted by atomic mass is 16.5. The van der Waals surface area contributed by atoms with Crippen LogP contribution in [0.2, 0.25) is 0 Å². The minimum absolute atomic E-state index is 0.0887. The van der Waals surface area contributed by atoms with Crippen LogP contribution in [0.15, 0.2) is 53.0 Å². The first-order valence-electron chi connectivity index (χ1n) is 8.85. The van der Waals surface area contributed by atoms with E-state index in [0.717, 1.165) is 0 Å². The molecule has 1 aromatic heterocycles. The molecule has 2 unspecified atom stereocenters. The number of rotatable bonds is 8. The van der Waals surface area contributed by atoms with Crippen molar-refractivity contribution in [2.45, 2.75) is 26.0 Å². The Bertz CT molecular complexity index is 987. The molecule has 5 N–H and O–H groups in total. The van der Waals surface area contributed by atoms with E-state index in [1.165, 1.54) is 32.1 Å². The fraction of sp³-hybridized carbons (Fsp3) is 0.190. The first-order valence-corrected chi connectivity index (χ1v) is 8.85. The summed E-state index contributed by atoms with van der Waals surface area (Å²) >= 11 is 0. The van der Waals surface area contributed by atoms with Gasteiger partial charge in [-0.25, -0.2) is 9.59 Å². The normalized spacial score (nSPS) is 13.2. The number of aliphatic hydroxyl groups is 1. The van der Waals surface area contributed by atoms with Gasteiger partial charge in [0, 0.05) is 11.3 Å². The molecule has 0 aliphatic rings. The number of aliphatic hydroxyl groups excluding tert-OH is 1. The van der Waals surface area contributed by atoms with E-state index >= 15 is 0 Å². The van der Waals surface area contributed by atoms with Gasteiger partial charge in [0.1, 0.15) is 11.5 Å². The molecule has 0 aliphatic heterocycles. The van der Waals surface area contributed by atoms with E-state index in [0.29, 0.717) is 11.3 Å². The number of nitrogens with one attached hydrogen (secondary N) is 1. The number of aliphatic carboxylic acids is 1. The zero-order valence-electron chi connectivity index (χ0n) is 16.4. The maximum Gasteiger partial charge on any atom is 0.379 e. The van der Waals surface area contributed by atoms with Crippen molar-refractivity contribution < 1.29 is 33.8 Å². The number of furan rings is 1. The number of carbonyl (C=O) groups excluding carboxylic acids is 2. The van der Waals surface area contributed by atoms with Crippen molar-refractivity contribution >= 4 is 29.6 Å². The number of benzene rings is 1. The minimum atomic E-state index is -1.45. The van der Waals surface area contributed by atoms with Crippen LogP contribution in [-0.2, 0) is 9.59 Å². The number of hydrogen-bond donors (Lipinski definition) is 4. The van der Waals surface area contributed by atoms with Crippen molar-refractivity contribution in [1.29, 1.82) is 0 Å². The van der Waals surface area contributed by atoms with Crippen LogP contribution in [0.4, 0.5) is 0 Å². The maximum absolute atomic E-state index is 12.2. The summed E-state index contributed by atoms with van der Waals surface area (Å²) in [7, 11) is 0. The van der Waals surface area contributed by atoms with Gasteiger partial charge in [-0.2, -0.15) is 0 Å². The van der Waals surface area contributed by atoms with E-state index in [4.69, 9.17) is 20.0 Å². The third-order valence-corrected chi connectivity index (χ3v) is 4.02. The summed E-state index contributed by atoms with van der Waals surface area (Å²) < 4.78 is 10.6. The Labute approximate surface area is 172 Å². The number of ether oxygens (including phenoxy) is 1. The minimum Gasteiger partial charge on any atom is -0.480 e. The Kier molecular flexibility index (Phi) is 7.16. The van der Waals surface area contributed by atoms with Crippen LogP contribution in [0.1, 0.15) is 35.7 Å². The molecule has 0 fully saturated rings. The molecule has 0 radical (unpaired) electrons. The highest BCUT2D eigenvalue weighted by molar-refractivity contribution is 5.99. The lowest BCUT2D eigenvalue weighted by molar-refractivity contribution is -0.144. The van der Waals surface area contributed by atoms with Gasteiger partial charge in [0.05, 0.1) is 6.10 Å². The van der Waals surface area contributed by atoms with Gasteiger partial charge in [0.25, 0.3) is 0 Å². The van der Waals surface area contributed by atoms with Crippen LogP contribution in [0.3, 0.4) is 0 Å². The SMILES string of the molecule is C=C(N)c1ccc(OC(=O)c2ccc(/C=C(\C)C(=O)NC(C(=O)O)C(C)O)o2)cc1. The van der Waals surface area contributed by atoms with Crippen LogP contribution >= 0.6 is 0 Å². The number of carboxylic acid groups (broad SMARTS) is 1. The molecule has 1 amide bonds. The van der Waals surface area contributed by atoms with Crippen molar-refractivity contribution in [3.05, 3.63) is 65.6 Å². The summed E-state index contributed by atoms with van der Waals surface area (Å²) in [5.41, 5.74) is 6.79. The largest absolute Gasteiger partial charge is 0.480 e. The lowest BCUT2D eigenvalue weighted by atomic mass is 10.1. The molecular formula is C21H22N2O7. The smallest absolute Gasteiger partial charge is 0.379 e. The van der Waals surface area contributed by atoms with Crippen molar-refractivity contribution in [3.8, 4) is 5.75 Å². The molecule has 0 saturated heterocycles. The van der Waals surface area contributed by atoms with E-state index in [1.807, 2.05) is 0 Å². The second-order valence-electron chi connectivity index (χ2n) is 6.50. The molecule has 0 saturated carbocycles. The molecule has 1 heterocycles. The van der Waals surface area contributed by atoms with Crippen molar-refractivity contribution in [2.24, 2.45) is 5.73 Å². The second-order valence-corrected chi connectivity index (χ2v) is 6.50. The summed E-state index contributed by atoms with van der Waals surface area (Å²) in [5.74, 6) is -2.42. The number of carboxylic acids is 1. The monoisotopic (exact) mass is 414 g/mol. The van der Waals surface area contributed by atoms with Gasteiger partial charge in [-0.1, -0.05) is 6.58 Å². The molecule has 9 heteroatoms. The predicted octanol–water partition coefficient (Wildman–Crippen LogP) is 1.78. The number of hydrogen-bond acceptors (Lipinski definition) is 7. The average Bonchev–Trinajstić information content (AvgIpc) is 3.14. The Hall–Kier alpha value is -3.85. The number of carbonyl (C=O) groups is 3. The van der Waals surface area contributed by atoms with Crippen LogP contribution in [0.5, 0.6) is 5.75 Å². The third-order valence-electron chi connectivity index (χ3n) is 4.02. The predicted molar refractivity (Wildman–Crippen MR) is 108 cm³/mol. The zero-order valence-corrected chi connectivity index (χ0v) is 16.4. The third kappa shape index (κ3) is 5.82. The Morgan fingerprint density at radius 2 is 1.83 bits per heavy atom. The van der Waals surface area contributed by atoms with Crippen LogP contribution in [0.25, 0.3) is 11.8 Å². The van der Waals surface area contributed by atoms with Crippen molar-refractivity contribution in [1.82, 2.24) is 5.32 Å². The lowest BCUT2D eigenvalue weighted by Crippen LogP contribution is -2.47. The Morgan fingerprint density at radius 3 is 2.37 bits per heavy atom. The van der Waals surface area contributed by atoms with E-state index in [9.17, 15) is 19.5 Å². The topological polar surface area (TPSA) is 152 Å². The quantitative estimate of drug-likeness (QED) is 0.290. The molecule has 0 spiro atoms. The van der Waals surface area contributed by atoms with Gasteiger partial charge < -0.3 is 30.4 Å². The van der Waals surface area contributed by atoms with Crippen LogP contribution < -0.4 is 15.8 Å². The van der Waals surface area contributed by atoms with Gasteiger partial charge in [-0.3, -0.25) is 4.79 Å². The van der Waals surface area contributed by atoms with E-state index < -0.39 is 30.0 Å². The van der Waals surface area contributed by atoms with Gasteiger partial charge >= 0.3 is 11.9 Å². The van der Waals surface area contributed by atoms with Crippen LogP contribution in [-0.4, -0.2) is 40.2 Å². The molecule has 0 aliphatic carbocycles. The summed E-state index contributed by atoms with van der Waals surface area (Å²) in [5, 5.41) is 20.7. The van der Waals surface area contributed by atoms with Gasteiger partial charge in [-0.15, -0.1) is 0 Å². The van der Waals surface area contributed by atoms with Crippen molar-refractivity contribution in [2.75, 3.05) is 0 Å². The molecule has 2 atom stereocenters. The average molecular weight is 414 g/mol. The highest BCUT2D eigenvalue weighted by Gasteiger charge is 2.25. The summed E-state index contributed by atoms with van der Waals surface area (Å²) in [6.45, 7) is 6.30. The molecule has 158 valence electrons. The Morgan fingerprint density at radius 1 is 1.20 bits per heavy atom. The first-order chi connectivity index (χ1) is 14.1. The molecule has 2 aromatic rings.